The Morgan fingerprint density at radius 1 is 1.28 bits per heavy atom. The maximum atomic E-state index is 11.7. The molecule has 0 aromatic carbocycles. The van der Waals surface area contributed by atoms with E-state index >= 15 is 0 Å². The Morgan fingerprint density at radius 3 is 2.61 bits per heavy atom. The van der Waals surface area contributed by atoms with Crippen LogP contribution in [0.5, 0.6) is 0 Å². The quantitative estimate of drug-likeness (QED) is 0.673. The van der Waals surface area contributed by atoms with Gasteiger partial charge in [-0.3, -0.25) is 4.79 Å². The highest BCUT2D eigenvalue weighted by molar-refractivity contribution is 5.76. The highest BCUT2D eigenvalue weighted by atomic mass is 16.5. The fraction of sp³-hybridized carbons (Fsp3) is 0.933. The molecule has 0 spiro atoms. The number of carboxylic acid groups (broad SMARTS) is 1. The fourth-order valence-corrected chi connectivity index (χ4v) is 3.30. The molecule has 3 nitrogen and oxygen atoms in total. The van der Waals surface area contributed by atoms with E-state index in [1.54, 1.807) is 0 Å². The molecule has 104 valence electrons. The van der Waals surface area contributed by atoms with Gasteiger partial charge in [0.15, 0.2) is 0 Å². The van der Waals surface area contributed by atoms with E-state index in [1.165, 1.54) is 25.7 Å². The Kier molecular flexibility index (Phi) is 4.66. The van der Waals surface area contributed by atoms with Crippen molar-refractivity contribution in [1.82, 2.24) is 0 Å². The Morgan fingerprint density at radius 2 is 2.00 bits per heavy atom. The monoisotopic (exact) mass is 254 g/mol. The number of hydrogen-bond donors (Lipinski definition) is 1. The first-order valence-corrected chi connectivity index (χ1v) is 7.55. The first-order valence-electron chi connectivity index (χ1n) is 7.55. The molecule has 0 amide bonds. The van der Waals surface area contributed by atoms with Crippen molar-refractivity contribution in [2.45, 2.75) is 70.8 Å². The molecule has 2 rings (SSSR count). The van der Waals surface area contributed by atoms with Gasteiger partial charge in [0.05, 0.1) is 11.5 Å². The second kappa shape index (κ2) is 6.05. The van der Waals surface area contributed by atoms with Gasteiger partial charge in [-0.05, 0) is 31.6 Å². The van der Waals surface area contributed by atoms with Crippen molar-refractivity contribution >= 4 is 5.97 Å². The van der Waals surface area contributed by atoms with Crippen LogP contribution in [0.3, 0.4) is 0 Å². The van der Waals surface area contributed by atoms with E-state index in [9.17, 15) is 9.90 Å². The number of rotatable bonds is 8. The van der Waals surface area contributed by atoms with Crippen LogP contribution >= 0.6 is 0 Å². The summed E-state index contributed by atoms with van der Waals surface area (Å²) in [6.07, 6.45) is 9.80. The minimum absolute atomic E-state index is 0.00109. The van der Waals surface area contributed by atoms with Crippen molar-refractivity contribution in [3.05, 3.63) is 0 Å². The lowest BCUT2D eigenvalue weighted by atomic mass is 9.75. The third kappa shape index (κ3) is 2.87. The van der Waals surface area contributed by atoms with Gasteiger partial charge in [-0.25, -0.2) is 0 Å². The van der Waals surface area contributed by atoms with Crippen molar-refractivity contribution in [3.8, 4) is 0 Å². The predicted molar refractivity (Wildman–Crippen MR) is 70.5 cm³/mol. The van der Waals surface area contributed by atoms with E-state index in [0.717, 1.165) is 32.1 Å². The number of carboxylic acids is 1. The summed E-state index contributed by atoms with van der Waals surface area (Å²) >= 11 is 0. The van der Waals surface area contributed by atoms with Crippen LogP contribution in [0.25, 0.3) is 0 Å². The zero-order valence-electron chi connectivity index (χ0n) is 11.5. The van der Waals surface area contributed by atoms with Crippen molar-refractivity contribution in [2.24, 2.45) is 11.3 Å². The smallest absolute Gasteiger partial charge is 0.312 e. The molecule has 0 aromatic heterocycles. The summed E-state index contributed by atoms with van der Waals surface area (Å²) in [5.74, 6) is -0.0911. The van der Waals surface area contributed by atoms with Gasteiger partial charge < -0.3 is 9.84 Å². The predicted octanol–water partition coefficient (Wildman–Crippen LogP) is 3.62. The summed E-state index contributed by atoms with van der Waals surface area (Å²) in [5, 5.41) is 9.63. The van der Waals surface area contributed by atoms with Crippen LogP contribution in [-0.2, 0) is 9.53 Å². The van der Waals surface area contributed by atoms with E-state index in [0.29, 0.717) is 12.5 Å². The molecule has 1 aliphatic heterocycles. The first kappa shape index (κ1) is 13.9. The molecule has 2 fully saturated rings. The van der Waals surface area contributed by atoms with E-state index in [-0.39, 0.29) is 6.10 Å². The summed E-state index contributed by atoms with van der Waals surface area (Å²) in [6, 6.07) is 0. The lowest BCUT2D eigenvalue weighted by Crippen LogP contribution is -2.40. The molecule has 3 heteroatoms. The molecule has 0 bridgehead atoms. The highest BCUT2D eigenvalue weighted by Crippen LogP contribution is 2.50. The molecule has 18 heavy (non-hydrogen) atoms. The molecular formula is C15H26O3. The van der Waals surface area contributed by atoms with Crippen molar-refractivity contribution in [1.29, 1.82) is 0 Å². The number of ether oxygens (including phenoxy) is 1. The third-order valence-corrected chi connectivity index (χ3v) is 4.59. The van der Waals surface area contributed by atoms with Gasteiger partial charge in [-0.15, -0.1) is 0 Å². The number of unbranched alkanes of at least 4 members (excludes halogenated alkanes) is 4. The summed E-state index contributed by atoms with van der Waals surface area (Å²) < 4.78 is 5.75. The zero-order chi connectivity index (χ0) is 13.0. The van der Waals surface area contributed by atoms with Gasteiger partial charge in [0.1, 0.15) is 0 Å². The summed E-state index contributed by atoms with van der Waals surface area (Å²) in [6.45, 7) is 2.84. The van der Waals surface area contributed by atoms with Crippen molar-refractivity contribution in [2.75, 3.05) is 6.61 Å². The normalized spacial score (nSPS) is 31.7. The topological polar surface area (TPSA) is 46.5 Å². The Bertz CT molecular complexity index is 285. The van der Waals surface area contributed by atoms with Gasteiger partial charge in [0.25, 0.3) is 0 Å². The van der Waals surface area contributed by atoms with E-state index < -0.39 is 11.4 Å². The Labute approximate surface area is 110 Å². The van der Waals surface area contributed by atoms with Crippen molar-refractivity contribution in [3.63, 3.8) is 0 Å². The molecule has 2 atom stereocenters. The van der Waals surface area contributed by atoms with Crippen LogP contribution in [0, 0.1) is 11.3 Å². The average molecular weight is 254 g/mol. The van der Waals surface area contributed by atoms with Crippen LogP contribution in [0.4, 0.5) is 0 Å². The number of hydrogen-bond acceptors (Lipinski definition) is 2. The maximum Gasteiger partial charge on any atom is 0.312 e. The second-order valence-electron chi connectivity index (χ2n) is 6.00. The molecule has 0 radical (unpaired) electrons. The van der Waals surface area contributed by atoms with Gasteiger partial charge in [-0.1, -0.05) is 39.0 Å². The minimum Gasteiger partial charge on any atom is -0.481 e. The maximum absolute atomic E-state index is 11.7. The van der Waals surface area contributed by atoms with Crippen LogP contribution in [0.2, 0.25) is 0 Å². The van der Waals surface area contributed by atoms with Gasteiger partial charge in [-0.2, -0.15) is 0 Å². The SMILES string of the molecule is CCCCCCCC1(C(=O)O)CCOC1C1CC1. The van der Waals surface area contributed by atoms with Crippen LogP contribution in [-0.4, -0.2) is 23.8 Å². The fourth-order valence-electron chi connectivity index (χ4n) is 3.30. The third-order valence-electron chi connectivity index (χ3n) is 4.59. The molecule has 2 aliphatic rings. The number of carbonyl (C=O) groups is 1. The largest absolute Gasteiger partial charge is 0.481 e. The summed E-state index contributed by atoms with van der Waals surface area (Å²) in [4.78, 5) is 11.7. The van der Waals surface area contributed by atoms with Gasteiger partial charge in [0, 0.05) is 6.61 Å². The lowest BCUT2D eigenvalue weighted by Gasteiger charge is -2.30. The molecule has 1 aliphatic carbocycles. The minimum atomic E-state index is -0.618. The number of aliphatic carboxylic acids is 1. The molecule has 0 aromatic rings. The molecule has 1 saturated carbocycles. The van der Waals surface area contributed by atoms with Gasteiger partial charge in [0.2, 0.25) is 0 Å². The molecule has 2 unspecified atom stereocenters. The van der Waals surface area contributed by atoms with E-state index in [4.69, 9.17) is 4.74 Å². The molecule has 1 N–H and O–H groups in total. The van der Waals surface area contributed by atoms with Crippen LogP contribution in [0.1, 0.15) is 64.7 Å². The second-order valence-corrected chi connectivity index (χ2v) is 6.00. The zero-order valence-corrected chi connectivity index (χ0v) is 11.5. The average Bonchev–Trinajstić information content (AvgIpc) is 3.10. The molecule has 1 heterocycles. The van der Waals surface area contributed by atoms with Gasteiger partial charge >= 0.3 is 5.97 Å². The first-order chi connectivity index (χ1) is 8.70. The van der Waals surface area contributed by atoms with Crippen LogP contribution < -0.4 is 0 Å². The van der Waals surface area contributed by atoms with Crippen LogP contribution in [0.15, 0.2) is 0 Å². The standard InChI is InChI=1S/C15H26O3/c1-2-3-4-5-6-9-15(14(16)17)10-11-18-13(15)12-7-8-12/h12-13H,2-11H2,1H3,(H,16,17). The van der Waals surface area contributed by atoms with E-state index in [1.807, 2.05) is 0 Å². The van der Waals surface area contributed by atoms with E-state index in [2.05, 4.69) is 6.92 Å². The Balaban J connectivity index is 1.88. The van der Waals surface area contributed by atoms with Crippen molar-refractivity contribution < 1.29 is 14.6 Å². The molecular weight excluding hydrogens is 228 g/mol. The summed E-state index contributed by atoms with van der Waals surface area (Å²) in [5.41, 5.74) is -0.562. The highest BCUT2D eigenvalue weighted by Gasteiger charge is 2.55. The Hall–Kier alpha value is -0.570. The molecule has 1 saturated heterocycles. The lowest BCUT2D eigenvalue weighted by molar-refractivity contribution is -0.154. The summed E-state index contributed by atoms with van der Waals surface area (Å²) in [7, 11) is 0.